The maximum absolute atomic E-state index is 14.6. The molecule has 0 aliphatic carbocycles. The molecule has 1 aliphatic rings. The normalized spacial score (nSPS) is 15.7. The van der Waals surface area contributed by atoms with Crippen LogP contribution in [0.2, 0.25) is 10.0 Å². The molecule has 0 saturated carbocycles. The van der Waals surface area contributed by atoms with E-state index in [4.69, 9.17) is 27.9 Å². The van der Waals surface area contributed by atoms with Crippen molar-refractivity contribution in [2.45, 2.75) is 31.5 Å². The summed E-state index contributed by atoms with van der Waals surface area (Å²) in [7, 11) is 1.23. The third kappa shape index (κ3) is 5.06. The maximum atomic E-state index is 14.6. The van der Waals surface area contributed by atoms with Gasteiger partial charge in [0.2, 0.25) is 0 Å². The molecule has 0 aromatic heterocycles. The number of rotatable bonds is 6. The molecule has 1 amide bonds. The van der Waals surface area contributed by atoms with E-state index in [1.54, 1.807) is 19.1 Å². The molecule has 3 aromatic carbocycles. The van der Waals surface area contributed by atoms with Gasteiger partial charge in [0.05, 0.1) is 23.4 Å². The second kappa shape index (κ2) is 10.7. The first kappa shape index (κ1) is 28.7. The topological polar surface area (TPSA) is 76.1 Å². The molecule has 1 N–H and O–H groups in total. The van der Waals surface area contributed by atoms with Crippen LogP contribution in [0, 0.1) is 0 Å². The Hall–Kier alpha value is -3.27. The van der Waals surface area contributed by atoms with Gasteiger partial charge in [-0.2, -0.15) is 13.2 Å². The average Bonchev–Trinajstić information content (AvgIpc) is 2.90. The van der Waals surface area contributed by atoms with Crippen LogP contribution in [0.25, 0.3) is 11.1 Å². The van der Waals surface area contributed by atoms with Crippen LogP contribution in [0.5, 0.6) is 5.75 Å². The molecule has 6 nitrogen and oxygen atoms in total. The summed E-state index contributed by atoms with van der Waals surface area (Å²) in [6.07, 6.45) is -5.10. The number of aliphatic hydroxyl groups is 1. The minimum absolute atomic E-state index is 0.0116. The van der Waals surface area contributed by atoms with Crippen LogP contribution in [0.1, 0.15) is 41.3 Å². The van der Waals surface area contributed by atoms with E-state index in [1.165, 1.54) is 49.3 Å². The molecule has 0 bridgehead atoms. The molecule has 3 aromatic rings. The Balaban J connectivity index is 1.75. The first-order valence-corrected chi connectivity index (χ1v) is 12.6. The van der Waals surface area contributed by atoms with Crippen LogP contribution in [0.3, 0.4) is 0 Å². The number of halogens is 5. The van der Waals surface area contributed by atoms with E-state index in [9.17, 15) is 27.9 Å². The van der Waals surface area contributed by atoms with Gasteiger partial charge in [0.25, 0.3) is 5.91 Å². The van der Waals surface area contributed by atoms with Gasteiger partial charge < -0.3 is 19.5 Å². The van der Waals surface area contributed by atoms with Crippen LogP contribution < -0.4 is 9.64 Å². The Labute approximate surface area is 232 Å². The molecule has 11 heteroatoms. The number of ether oxygens (including phenoxy) is 2. The Kier molecular flexibility index (Phi) is 7.89. The molecular weight excluding hydrogens is 558 g/mol. The highest BCUT2D eigenvalue weighted by Crippen LogP contribution is 2.51. The van der Waals surface area contributed by atoms with Crippen molar-refractivity contribution in [3.63, 3.8) is 0 Å². The van der Waals surface area contributed by atoms with Gasteiger partial charge in [0.1, 0.15) is 5.75 Å². The van der Waals surface area contributed by atoms with E-state index in [-0.39, 0.29) is 45.8 Å². The number of methoxy groups -OCH3 is 1. The third-order valence-electron chi connectivity index (χ3n) is 6.89. The second-order valence-electron chi connectivity index (χ2n) is 9.02. The Morgan fingerprint density at radius 3 is 2.28 bits per heavy atom. The number of carbonyl (C=O) groups is 2. The maximum Gasteiger partial charge on any atom is 0.422 e. The van der Waals surface area contributed by atoms with Gasteiger partial charge in [-0.05, 0) is 59.5 Å². The number of fused-ring (bicyclic) bond motifs is 1. The fourth-order valence-corrected chi connectivity index (χ4v) is 5.30. The molecule has 0 spiro atoms. The largest absolute Gasteiger partial charge is 0.482 e. The van der Waals surface area contributed by atoms with Gasteiger partial charge in [0, 0.05) is 17.5 Å². The van der Waals surface area contributed by atoms with Gasteiger partial charge in [-0.1, -0.05) is 54.4 Å². The van der Waals surface area contributed by atoms with Crippen molar-refractivity contribution in [3.8, 4) is 16.9 Å². The van der Waals surface area contributed by atoms with Gasteiger partial charge in [-0.15, -0.1) is 0 Å². The summed E-state index contributed by atoms with van der Waals surface area (Å²) >= 11 is 12.7. The summed E-state index contributed by atoms with van der Waals surface area (Å²) < 4.78 is 53.9. The molecule has 2 atom stereocenters. The second-order valence-corrected chi connectivity index (χ2v) is 9.83. The predicted octanol–water partition coefficient (Wildman–Crippen LogP) is 6.75. The Bertz CT molecular complexity index is 1450. The lowest BCUT2D eigenvalue weighted by Crippen LogP contribution is -2.47. The van der Waals surface area contributed by atoms with Crippen molar-refractivity contribution in [3.05, 3.63) is 81.3 Å². The quantitative estimate of drug-likeness (QED) is 0.326. The van der Waals surface area contributed by atoms with Crippen molar-refractivity contribution >= 4 is 40.8 Å². The first-order chi connectivity index (χ1) is 18.3. The van der Waals surface area contributed by atoms with E-state index in [1.807, 2.05) is 0 Å². The minimum Gasteiger partial charge on any atom is -0.482 e. The number of benzene rings is 3. The van der Waals surface area contributed by atoms with E-state index < -0.39 is 35.1 Å². The van der Waals surface area contributed by atoms with Crippen LogP contribution in [0.15, 0.2) is 54.6 Å². The lowest BCUT2D eigenvalue weighted by Gasteiger charge is -2.38. The number of likely N-dealkylation sites (N-methyl/N-ethyl adjacent to an activating group) is 1. The van der Waals surface area contributed by atoms with E-state index >= 15 is 0 Å². The number of esters is 1. The fourth-order valence-electron chi connectivity index (χ4n) is 4.70. The van der Waals surface area contributed by atoms with Gasteiger partial charge in [0.15, 0.2) is 12.2 Å². The number of alkyl halides is 3. The SMILES string of the molecule is CCN1C(=O)COc2ccc(C(O)(C(C)c3ccc(-c4ccc(C(=O)OC)c(Cl)c4)cc3Cl)C(F)(F)F)cc21. The van der Waals surface area contributed by atoms with Crippen molar-refractivity contribution in [1.82, 2.24) is 0 Å². The lowest BCUT2D eigenvalue weighted by atomic mass is 9.77. The molecule has 2 unspecified atom stereocenters. The number of hydrogen-bond acceptors (Lipinski definition) is 5. The molecule has 39 heavy (non-hydrogen) atoms. The zero-order valence-electron chi connectivity index (χ0n) is 21.1. The molecule has 0 saturated heterocycles. The molecule has 4 rings (SSSR count). The first-order valence-electron chi connectivity index (χ1n) is 11.9. The molecule has 1 aliphatic heterocycles. The zero-order valence-corrected chi connectivity index (χ0v) is 22.6. The summed E-state index contributed by atoms with van der Waals surface area (Å²) in [6.45, 7) is 2.92. The van der Waals surface area contributed by atoms with Crippen LogP contribution in [-0.4, -0.2) is 43.4 Å². The van der Waals surface area contributed by atoms with Gasteiger partial charge >= 0.3 is 12.1 Å². The highest BCUT2D eigenvalue weighted by Gasteiger charge is 2.59. The van der Waals surface area contributed by atoms with Gasteiger partial charge in [-0.3, -0.25) is 4.79 Å². The van der Waals surface area contributed by atoms with Crippen LogP contribution >= 0.6 is 23.2 Å². The van der Waals surface area contributed by atoms with E-state index in [2.05, 4.69) is 4.74 Å². The number of nitrogens with zero attached hydrogens (tertiary/aromatic N) is 1. The summed E-state index contributed by atoms with van der Waals surface area (Å²) in [5.41, 5.74) is -2.34. The fraction of sp³-hybridized carbons (Fsp3) is 0.286. The number of amides is 1. The smallest absolute Gasteiger partial charge is 0.422 e. The minimum atomic E-state index is -5.10. The predicted molar refractivity (Wildman–Crippen MR) is 142 cm³/mol. The van der Waals surface area contributed by atoms with E-state index in [0.717, 1.165) is 12.1 Å². The van der Waals surface area contributed by atoms with Crippen molar-refractivity contribution in [2.75, 3.05) is 25.2 Å². The Morgan fingerprint density at radius 1 is 1.08 bits per heavy atom. The summed E-state index contributed by atoms with van der Waals surface area (Å²) in [5, 5.41) is 11.5. The lowest BCUT2D eigenvalue weighted by molar-refractivity contribution is -0.274. The average molecular weight is 582 g/mol. The monoisotopic (exact) mass is 581 g/mol. The number of carbonyl (C=O) groups excluding carboxylic acids is 2. The zero-order chi connectivity index (χ0) is 28.7. The standard InChI is InChI=1S/C28H24Cl2F3NO5/c1-4-34-23-13-18(7-10-24(23)39-14-25(34)35)27(37,28(31,32)33)15(2)19-8-5-16(11-21(19)29)17-6-9-20(22(30)12-17)26(36)38-3/h5-13,15,37H,4,14H2,1-3H3. The number of anilines is 1. The highest BCUT2D eigenvalue weighted by molar-refractivity contribution is 6.34. The van der Waals surface area contributed by atoms with Gasteiger partial charge in [-0.25, -0.2) is 4.79 Å². The van der Waals surface area contributed by atoms with E-state index in [0.29, 0.717) is 11.1 Å². The van der Waals surface area contributed by atoms with Crippen molar-refractivity contribution in [1.29, 1.82) is 0 Å². The third-order valence-corrected chi connectivity index (χ3v) is 7.53. The van der Waals surface area contributed by atoms with Crippen molar-refractivity contribution < 1.29 is 37.3 Å². The van der Waals surface area contributed by atoms with Crippen LogP contribution in [0.4, 0.5) is 18.9 Å². The summed E-state index contributed by atoms with van der Waals surface area (Å²) in [5.74, 6) is -2.31. The molecule has 1 heterocycles. The molecule has 0 radical (unpaired) electrons. The molecule has 206 valence electrons. The summed E-state index contributed by atoms with van der Waals surface area (Å²) in [4.78, 5) is 25.4. The molecule has 0 fully saturated rings. The molecular formula is C28H24Cl2F3NO5. The van der Waals surface area contributed by atoms with Crippen LogP contribution in [-0.2, 0) is 15.1 Å². The Morgan fingerprint density at radius 2 is 1.72 bits per heavy atom. The summed E-state index contributed by atoms with van der Waals surface area (Å²) in [6, 6.07) is 12.6. The van der Waals surface area contributed by atoms with Crippen molar-refractivity contribution in [2.24, 2.45) is 0 Å². The highest BCUT2D eigenvalue weighted by atomic mass is 35.5. The number of hydrogen-bond donors (Lipinski definition) is 1.